The fourth-order valence-corrected chi connectivity index (χ4v) is 1.48. The van der Waals surface area contributed by atoms with Crippen molar-refractivity contribution in [3.8, 4) is 0 Å². The number of hydrogen-bond acceptors (Lipinski definition) is 1. The molecule has 1 aliphatic carbocycles. The number of hydrogen-bond donors (Lipinski definition) is 0. The summed E-state index contributed by atoms with van der Waals surface area (Å²) in [6.45, 7) is 0. The summed E-state index contributed by atoms with van der Waals surface area (Å²) in [7, 11) is 0. The highest BCUT2D eigenvalue weighted by Gasteiger charge is 2.26. The van der Waals surface area contributed by atoms with Gasteiger partial charge < -0.3 is 0 Å². The number of fused-ring (bicyclic) bond motifs is 1. The van der Waals surface area contributed by atoms with Gasteiger partial charge in [0.1, 0.15) is 5.83 Å². The van der Waals surface area contributed by atoms with Gasteiger partial charge in [0.15, 0.2) is 0 Å². The Balaban J connectivity index is 2.49. The Morgan fingerprint density at radius 2 is 2.23 bits per heavy atom. The van der Waals surface area contributed by atoms with Crippen LogP contribution >= 0.6 is 11.6 Å². The van der Waals surface area contributed by atoms with Gasteiger partial charge >= 0.3 is 0 Å². The number of amides is 1. The summed E-state index contributed by atoms with van der Waals surface area (Å²) >= 11 is 5.75. The van der Waals surface area contributed by atoms with E-state index in [0.29, 0.717) is 10.7 Å². The first kappa shape index (κ1) is 8.38. The smallest absolute Gasteiger partial charge is 0.267 e. The third-order valence-electron chi connectivity index (χ3n) is 1.89. The Kier molecular flexibility index (Phi) is 1.88. The Morgan fingerprint density at radius 3 is 3.00 bits per heavy atom. The van der Waals surface area contributed by atoms with Crippen LogP contribution in [-0.4, -0.2) is 11.6 Å². The number of carbonyl (C=O) groups is 1. The molecular weight excluding hydrogens is 193 g/mol. The molecule has 0 radical (unpaired) electrons. The van der Waals surface area contributed by atoms with Crippen LogP contribution in [0.2, 0.25) is 0 Å². The lowest BCUT2D eigenvalue weighted by Crippen LogP contribution is -2.21. The molecule has 2 aliphatic rings. The highest BCUT2D eigenvalue weighted by atomic mass is 35.5. The summed E-state index contributed by atoms with van der Waals surface area (Å²) in [6.07, 6.45) is 5.40. The summed E-state index contributed by atoms with van der Waals surface area (Å²) in [4.78, 5) is 14.5. The lowest BCUT2D eigenvalue weighted by atomic mass is 9.94. The van der Waals surface area contributed by atoms with Crippen LogP contribution in [0, 0.1) is 5.92 Å². The number of dihydropyridines is 1. The monoisotopic (exact) mass is 197 g/mol. The second-order valence-corrected chi connectivity index (χ2v) is 3.15. The largest absolute Gasteiger partial charge is 0.269 e. The van der Waals surface area contributed by atoms with Crippen molar-refractivity contribution < 1.29 is 9.18 Å². The van der Waals surface area contributed by atoms with Crippen LogP contribution < -0.4 is 0 Å². The SMILES string of the molecule is O=C1C=CC2C(F)=CC=C(Cl)C2=N1. The molecule has 0 fully saturated rings. The molecule has 1 aliphatic heterocycles. The summed E-state index contributed by atoms with van der Waals surface area (Å²) in [5.41, 5.74) is 0.300. The Bertz CT molecular complexity index is 392. The van der Waals surface area contributed by atoms with E-state index in [1.165, 1.54) is 24.3 Å². The molecule has 1 heterocycles. The number of aliphatic imine (C=N–C) groups is 1. The molecule has 0 aromatic rings. The van der Waals surface area contributed by atoms with Gasteiger partial charge in [0.25, 0.3) is 5.91 Å². The summed E-state index contributed by atoms with van der Waals surface area (Å²) in [5.74, 6) is -1.31. The summed E-state index contributed by atoms with van der Waals surface area (Å²) < 4.78 is 13.1. The van der Waals surface area contributed by atoms with Crippen LogP contribution in [-0.2, 0) is 4.79 Å². The van der Waals surface area contributed by atoms with Crippen molar-refractivity contribution in [1.29, 1.82) is 0 Å². The summed E-state index contributed by atoms with van der Waals surface area (Å²) in [6, 6.07) is 0. The molecule has 1 atom stereocenters. The number of rotatable bonds is 0. The third kappa shape index (κ3) is 1.35. The lowest BCUT2D eigenvalue weighted by Gasteiger charge is -2.18. The zero-order valence-corrected chi connectivity index (χ0v) is 7.25. The van der Waals surface area contributed by atoms with E-state index in [0.717, 1.165) is 0 Å². The van der Waals surface area contributed by atoms with E-state index >= 15 is 0 Å². The van der Waals surface area contributed by atoms with Crippen molar-refractivity contribution >= 4 is 23.2 Å². The standard InChI is InChI=1S/C9H5ClFNO/c10-6-2-3-7(11)5-1-4-8(13)12-9(5)6/h1-5H. The lowest BCUT2D eigenvalue weighted by molar-refractivity contribution is -0.113. The molecule has 0 N–H and O–H groups in total. The molecule has 4 heteroatoms. The fraction of sp³-hybridized carbons (Fsp3) is 0.111. The normalized spacial score (nSPS) is 26.2. The van der Waals surface area contributed by atoms with Gasteiger partial charge in [0.2, 0.25) is 0 Å². The molecule has 0 bridgehead atoms. The second-order valence-electron chi connectivity index (χ2n) is 2.74. The first-order valence-corrected chi connectivity index (χ1v) is 4.10. The molecule has 0 aromatic carbocycles. The molecule has 2 nitrogen and oxygen atoms in total. The van der Waals surface area contributed by atoms with Crippen LogP contribution in [0.15, 0.2) is 40.2 Å². The molecule has 0 saturated heterocycles. The molecular formula is C9H5ClFNO. The average molecular weight is 198 g/mol. The molecule has 0 spiro atoms. The highest BCUT2D eigenvalue weighted by molar-refractivity contribution is 6.45. The van der Waals surface area contributed by atoms with Gasteiger partial charge in [-0.05, 0) is 12.2 Å². The van der Waals surface area contributed by atoms with Crippen LogP contribution in [0.25, 0.3) is 0 Å². The van der Waals surface area contributed by atoms with Gasteiger partial charge in [0.05, 0.1) is 16.7 Å². The topological polar surface area (TPSA) is 29.4 Å². The van der Waals surface area contributed by atoms with Gasteiger partial charge in [-0.2, -0.15) is 0 Å². The first-order chi connectivity index (χ1) is 6.18. The number of halogens is 2. The predicted octanol–water partition coefficient (Wildman–Crippen LogP) is 2.13. The van der Waals surface area contributed by atoms with E-state index in [-0.39, 0.29) is 5.83 Å². The van der Waals surface area contributed by atoms with Crippen molar-refractivity contribution in [2.75, 3.05) is 0 Å². The third-order valence-corrected chi connectivity index (χ3v) is 2.21. The van der Waals surface area contributed by atoms with Crippen LogP contribution in [0.3, 0.4) is 0 Å². The van der Waals surface area contributed by atoms with Crippen molar-refractivity contribution in [2.45, 2.75) is 0 Å². The van der Waals surface area contributed by atoms with Gasteiger partial charge in [-0.3, -0.25) is 4.79 Å². The minimum atomic E-state index is -0.574. The first-order valence-electron chi connectivity index (χ1n) is 3.72. The predicted molar refractivity (Wildman–Crippen MR) is 48.2 cm³/mol. The van der Waals surface area contributed by atoms with E-state index in [1.54, 1.807) is 0 Å². The van der Waals surface area contributed by atoms with Gasteiger partial charge in [-0.15, -0.1) is 0 Å². The quantitative estimate of drug-likeness (QED) is 0.585. The van der Waals surface area contributed by atoms with Crippen molar-refractivity contribution in [2.24, 2.45) is 10.9 Å². The maximum absolute atomic E-state index is 13.1. The minimum Gasteiger partial charge on any atom is -0.267 e. The number of allylic oxidation sites excluding steroid dienone is 5. The molecule has 1 unspecified atom stereocenters. The van der Waals surface area contributed by atoms with Gasteiger partial charge in [-0.1, -0.05) is 17.7 Å². The highest BCUT2D eigenvalue weighted by Crippen LogP contribution is 2.29. The van der Waals surface area contributed by atoms with Gasteiger partial charge in [-0.25, -0.2) is 9.38 Å². The maximum Gasteiger partial charge on any atom is 0.269 e. The van der Waals surface area contributed by atoms with E-state index in [4.69, 9.17) is 11.6 Å². The average Bonchev–Trinajstić information content (AvgIpc) is 2.12. The van der Waals surface area contributed by atoms with Crippen LogP contribution in [0.4, 0.5) is 4.39 Å². The fourth-order valence-electron chi connectivity index (χ4n) is 1.26. The van der Waals surface area contributed by atoms with E-state index in [2.05, 4.69) is 4.99 Å². The molecule has 66 valence electrons. The van der Waals surface area contributed by atoms with Crippen molar-refractivity contribution in [3.05, 3.63) is 35.2 Å². The van der Waals surface area contributed by atoms with Crippen molar-refractivity contribution in [3.63, 3.8) is 0 Å². The van der Waals surface area contributed by atoms with E-state index in [1.807, 2.05) is 0 Å². The Labute approximate surface area is 79.1 Å². The Morgan fingerprint density at radius 1 is 1.46 bits per heavy atom. The van der Waals surface area contributed by atoms with Crippen LogP contribution in [0.5, 0.6) is 0 Å². The molecule has 1 amide bonds. The molecule has 0 aromatic heterocycles. The van der Waals surface area contributed by atoms with Gasteiger partial charge in [0, 0.05) is 6.08 Å². The Hall–Kier alpha value is -1.22. The molecule has 13 heavy (non-hydrogen) atoms. The molecule has 2 rings (SSSR count). The summed E-state index contributed by atoms with van der Waals surface area (Å²) in [5, 5.41) is 0.323. The van der Waals surface area contributed by atoms with E-state index in [9.17, 15) is 9.18 Å². The minimum absolute atomic E-state index is 0.300. The zero-order chi connectivity index (χ0) is 9.42. The maximum atomic E-state index is 13.1. The van der Waals surface area contributed by atoms with Crippen LogP contribution in [0.1, 0.15) is 0 Å². The second kappa shape index (κ2) is 2.92. The molecule has 0 saturated carbocycles. The van der Waals surface area contributed by atoms with E-state index < -0.39 is 11.8 Å². The number of nitrogens with zero attached hydrogens (tertiary/aromatic N) is 1. The van der Waals surface area contributed by atoms with Crippen molar-refractivity contribution in [1.82, 2.24) is 0 Å². The number of carbonyl (C=O) groups excluding carboxylic acids is 1. The zero-order valence-electron chi connectivity index (χ0n) is 6.50.